The highest BCUT2D eigenvalue weighted by molar-refractivity contribution is 6.07. The van der Waals surface area contributed by atoms with Crippen molar-refractivity contribution in [3.63, 3.8) is 0 Å². The zero-order chi connectivity index (χ0) is 16.7. The van der Waals surface area contributed by atoms with Crippen LogP contribution in [0.15, 0.2) is 36.5 Å². The molecule has 7 heteroatoms. The van der Waals surface area contributed by atoms with Gasteiger partial charge in [0.15, 0.2) is 0 Å². The second-order valence-corrected chi connectivity index (χ2v) is 6.37. The predicted molar refractivity (Wildman–Crippen MR) is 87.2 cm³/mol. The number of aromatic nitrogens is 1. The molecule has 2 N–H and O–H groups in total. The van der Waals surface area contributed by atoms with Gasteiger partial charge in [0, 0.05) is 31.2 Å². The van der Waals surface area contributed by atoms with Gasteiger partial charge in [0.1, 0.15) is 5.54 Å². The first-order chi connectivity index (χ1) is 11.6. The minimum Gasteiger partial charge on any atom is -0.347 e. The van der Waals surface area contributed by atoms with E-state index in [2.05, 4.69) is 15.2 Å². The van der Waals surface area contributed by atoms with Crippen molar-refractivity contribution in [2.24, 2.45) is 0 Å². The van der Waals surface area contributed by atoms with Gasteiger partial charge >= 0.3 is 6.03 Å². The fourth-order valence-corrected chi connectivity index (χ4v) is 3.55. The number of rotatable bonds is 3. The minimum atomic E-state index is -0.938. The number of imide groups is 1. The Morgan fingerprint density at radius 3 is 2.83 bits per heavy atom. The maximum atomic E-state index is 12.5. The third-order valence-electron chi connectivity index (χ3n) is 4.88. The summed E-state index contributed by atoms with van der Waals surface area (Å²) < 4.78 is 2.06. The number of urea groups is 1. The fourth-order valence-electron chi connectivity index (χ4n) is 3.55. The highest BCUT2D eigenvalue weighted by Gasteiger charge is 2.51. The number of aryl methyl sites for hydroxylation is 1. The SMILES string of the molecule is O=C1NC(=O)C2(CCN(C(=O)CCn3ccc4ccccc43)C2)N1. The number of para-hydroxylation sites is 1. The number of nitrogens with one attached hydrogen (secondary N) is 2. The van der Waals surface area contributed by atoms with Crippen LogP contribution in [-0.2, 0) is 16.1 Å². The molecule has 2 fully saturated rings. The molecule has 124 valence electrons. The van der Waals surface area contributed by atoms with Crippen LogP contribution < -0.4 is 10.6 Å². The molecule has 0 saturated carbocycles. The van der Waals surface area contributed by atoms with E-state index >= 15 is 0 Å². The second kappa shape index (κ2) is 5.36. The normalized spacial score (nSPS) is 23.1. The summed E-state index contributed by atoms with van der Waals surface area (Å²) in [7, 11) is 0. The quantitative estimate of drug-likeness (QED) is 0.820. The average Bonchev–Trinajstić information content (AvgIpc) is 3.24. The molecule has 1 spiro atoms. The van der Waals surface area contributed by atoms with Crippen molar-refractivity contribution in [3.8, 4) is 0 Å². The van der Waals surface area contributed by atoms with Crippen molar-refractivity contribution >= 4 is 28.7 Å². The molecule has 3 heterocycles. The van der Waals surface area contributed by atoms with Gasteiger partial charge in [-0.15, -0.1) is 0 Å². The Balaban J connectivity index is 1.41. The minimum absolute atomic E-state index is 0.00129. The second-order valence-electron chi connectivity index (χ2n) is 6.37. The van der Waals surface area contributed by atoms with E-state index in [-0.39, 0.29) is 18.4 Å². The number of nitrogens with zero attached hydrogens (tertiary/aromatic N) is 2. The summed E-state index contributed by atoms with van der Waals surface area (Å²) in [5.41, 5.74) is 0.165. The predicted octanol–water partition coefficient (Wildman–Crippen LogP) is 0.842. The van der Waals surface area contributed by atoms with Crippen molar-refractivity contribution in [1.82, 2.24) is 20.1 Å². The van der Waals surface area contributed by atoms with E-state index in [9.17, 15) is 14.4 Å². The molecule has 7 nitrogen and oxygen atoms in total. The molecule has 1 unspecified atom stereocenters. The van der Waals surface area contributed by atoms with Crippen molar-refractivity contribution in [2.45, 2.75) is 24.9 Å². The molecule has 2 aliphatic rings. The molecule has 2 aromatic rings. The number of carbonyl (C=O) groups excluding carboxylic acids is 3. The molecule has 2 aliphatic heterocycles. The Hall–Kier alpha value is -2.83. The molecule has 1 atom stereocenters. The zero-order valence-corrected chi connectivity index (χ0v) is 13.1. The van der Waals surface area contributed by atoms with Gasteiger partial charge in [-0.3, -0.25) is 14.9 Å². The summed E-state index contributed by atoms with van der Waals surface area (Å²) >= 11 is 0. The third-order valence-corrected chi connectivity index (χ3v) is 4.88. The van der Waals surface area contributed by atoms with Crippen molar-refractivity contribution in [3.05, 3.63) is 36.5 Å². The Labute approximate surface area is 138 Å². The number of amides is 4. The first-order valence-corrected chi connectivity index (χ1v) is 8.03. The van der Waals surface area contributed by atoms with Crippen LogP contribution in [0.1, 0.15) is 12.8 Å². The maximum Gasteiger partial charge on any atom is 0.322 e. The smallest absolute Gasteiger partial charge is 0.322 e. The van der Waals surface area contributed by atoms with Gasteiger partial charge in [0.05, 0.1) is 6.54 Å². The molecular weight excluding hydrogens is 308 g/mol. The lowest BCUT2D eigenvalue weighted by Crippen LogP contribution is -2.49. The molecule has 1 aromatic heterocycles. The number of hydrogen-bond donors (Lipinski definition) is 2. The standard InChI is InChI=1S/C17H18N4O3/c22-14(6-9-20-8-5-12-3-1-2-4-13(12)20)21-10-7-17(11-21)15(23)18-16(24)19-17/h1-5,8H,6-7,9-11H2,(H2,18,19,23,24). The number of carbonyl (C=O) groups is 3. The Morgan fingerprint density at radius 1 is 1.21 bits per heavy atom. The van der Waals surface area contributed by atoms with E-state index < -0.39 is 11.6 Å². The lowest BCUT2D eigenvalue weighted by Gasteiger charge is -2.21. The summed E-state index contributed by atoms with van der Waals surface area (Å²) in [6.07, 6.45) is 2.81. The molecule has 2 saturated heterocycles. The van der Waals surface area contributed by atoms with Gasteiger partial charge in [-0.05, 0) is 23.9 Å². The number of benzene rings is 1. The molecule has 0 radical (unpaired) electrons. The molecular formula is C17H18N4O3. The van der Waals surface area contributed by atoms with Crippen molar-refractivity contribution in [1.29, 1.82) is 0 Å². The van der Waals surface area contributed by atoms with Crippen molar-refractivity contribution in [2.75, 3.05) is 13.1 Å². The van der Waals surface area contributed by atoms with Crippen LogP contribution in [0.5, 0.6) is 0 Å². The first-order valence-electron chi connectivity index (χ1n) is 8.03. The monoisotopic (exact) mass is 326 g/mol. The zero-order valence-electron chi connectivity index (χ0n) is 13.1. The largest absolute Gasteiger partial charge is 0.347 e. The van der Waals surface area contributed by atoms with E-state index in [4.69, 9.17) is 0 Å². The third kappa shape index (κ3) is 2.33. The van der Waals surface area contributed by atoms with E-state index in [0.717, 1.165) is 10.9 Å². The van der Waals surface area contributed by atoms with E-state index in [1.54, 1.807) is 4.90 Å². The van der Waals surface area contributed by atoms with Gasteiger partial charge in [-0.1, -0.05) is 18.2 Å². The van der Waals surface area contributed by atoms with E-state index in [1.165, 1.54) is 0 Å². The van der Waals surface area contributed by atoms with Crippen LogP contribution in [0.2, 0.25) is 0 Å². The Bertz CT molecular complexity index is 843. The summed E-state index contributed by atoms with van der Waals surface area (Å²) in [4.78, 5) is 37.4. The topological polar surface area (TPSA) is 83.4 Å². The van der Waals surface area contributed by atoms with E-state index in [1.807, 2.05) is 36.5 Å². The van der Waals surface area contributed by atoms with Gasteiger partial charge < -0.3 is 14.8 Å². The molecule has 0 aliphatic carbocycles. The lowest BCUT2D eigenvalue weighted by molar-refractivity contribution is -0.131. The number of likely N-dealkylation sites (tertiary alicyclic amines) is 1. The van der Waals surface area contributed by atoms with Crippen LogP contribution in [0, 0.1) is 0 Å². The van der Waals surface area contributed by atoms with Crippen molar-refractivity contribution < 1.29 is 14.4 Å². The Kier molecular flexibility index (Phi) is 3.30. The summed E-state index contributed by atoms with van der Waals surface area (Å²) in [6, 6.07) is 9.59. The van der Waals surface area contributed by atoms with Gasteiger partial charge in [-0.25, -0.2) is 4.79 Å². The van der Waals surface area contributed by atoms with Gasteiger partial charge in [-0.2, -0.15) is 0 Å². The van der Waals surface area contributed by atoms with Crippen LogP contribution in [0.25, 0.3) is 10.9 Å². The maximum absolute atomic E-state index is 12.5. The Morgan fingerprint density at radius 2 is 2.04 bits per heavy atom. The molecule has 0 bridgehead atoms. The van der Waals surface area contributed by atoms with Crippen LogP contribution in [-0.4, -0.2) is 45.9 Å². The fraction of sp³-hybridized carbons (Fsp3) is 0.353. The van der Waals surface area contributed by atoms with Crippen LogP contribution >= 0.6 is 0 Å². The number of hydrogen-bond acceptors (Lipinski definition) is 3. The summed E-state index contributed by atoms with van der Waals surface area (Å²) in [6.45, 7) is 1.32. The molecule has 1 aromatic carbocycles. The van der Waals surface area contributed by atoms with Gasteiger partial charge in [0.2, 0.25) is 5.91 Å². The highest BCUT2D eigenvalue weighted by Crippen LogP contribution is 2.25. The van der Waals surface area contributed by atoms with Gasteiger partial charge in [0.25, 0.3) is 5.91 Å². The summed E-state index contributed by atoms with van der Waals surface area (Å²) in [5, 5.41) is 6.06. The summed E-state index contributed by atoms with van der Waals surface area (Å²) in [5.74, 6) is -0.335. The molecule has 4 rings (SSSR count). The van der Waals surface area contributed by atoms with E-state index in [0.29, 0.717) is 25.9 Å². The number of fused-ring (bicyclic) bond motifs is 1. The molecule has 4 amide bonds. The lowest BCUT2D eigenvalue weighted by atomic mass is 10.00. The highest BCUT2D eigenvalue weighted by atomic mass is 16.2. The molecule has 24 heavy (non-hydrogen) atoms. The van der Waals surface area contributed by atoms with Crippen LogP contribution in [0.4, 0.5) is 4.79 Å². The van der Waals surface area contributed by atoms with Crippen LogP contribution in [0.3, 0.4) is 0 Å². The average molecular weight is 326 g/mol. The first kappa shape index (κ1) is 14.7.